The van der Waals surface area contributed by atoms with Crippen molar-refractivity contribution in [3.8, 4) is 11.5 Å². The van der Waals surface area contributed by atoms with Crippen LogP contribution in [0.2, 0.25) is 0 Å². The number of amides is 1. The second-order valence-electron chi connectivity index (χ2n) is 9.61. The molecule has 0 radical (unpaired) electrons. The van der Waals surface area contributed by atoms with E-state index < -0.39 is 18.0 Å². The lowest BCUT2D eigenvalue weighted by molar-refractivity contribution is -0.145. The third kappa shape index (κ3) is 8.71. The summed E-state index contributed by atoms with van der Waals surface area (Å²) >= 11 is 0. The summed E-state index contributed by atoms with van der Waals surface area (Å²) in [5.74, 6) is -1.57. The third-order valence-electron chi connectivity index (χ3n) is 6.50. The van der Waals surface area contributed by atoms with Crippen LogP contribution in [0, 0.1) is 0 Å². The molecular formula is C31H34N2O8. The average molecular weight is 563 g/mol. The molecule has 1 aliphatic heterocycles. The van der Waals surface area contributed by atoms with Crippen LogP contribution >= 0.6 is 0 Å². The van der Waals surface area contributed by atoms with E-state index in [4.69, 9.17) is 19.3 Å². The molecule has 0 aliphatic carbocycles. The van der Waals surface area contributed by atoms with Crippen molar-refractivity contribution in [2.24, 2.45) is 0 Å². The van der Waals surface area contributed by atoms with Gasteiger partial charge in [-0.15, -0.1) is 0 Å². The number of benzene rings is 3. The average Bonchev–Trinajstić information content (AvgIpc) is 2.97. The van der Waals surface area contributed by atoms with Crippen LogP contribution in [-0.2, 0) is 20.9 Å². The molecule has 216 valence electrons. The monoisotopic (exact) mass is 562 g/mol. The van der Waals surface area contributed by atoms with E-state index in [0.29, 0.717) is 55.5 Å². The van der Waals surface area contributed by atoms with Crippen LogP contribution in [0.3, 0.4) is 0 Å². The summed E-state index contributed by atoms with van der Waals surface area (Å²) in [4.78, 5) is 37.4. The molecule has 10 heteroatoms. The first-order valence-electron chi connectivity index (χ1n) is 13.6. The lowest BCUT2D eigenvalue weighted by Gasteiger charge is -2.35. The molecule has 0 saturated heterocycles. The molecule has 4 rings (SSSR count). The minimum Gasteiger partial charge on any atom is -0.494 e. The van der Waals surface area contributed by atoms with E-state index >= 15 is 0 Å². The molecule has 0 saturated carbocycles. The van der Waals surface area contributed by atoms with Crippen molar-refractivity contribution in [1.82, 2.24) is 0 Å². The van der Waals surface area contributed by atoms with Gasteiger partial charge in [0.25, 0.3) is 5.91 Å². The number of rotatable bonds is 15. The van der Waals surface area contributed by atoms with Gasteiger partial charge < -0.3 is 34.6 Å². The number of para-hydroxylation sites is 1. The highest BCUT2D eigenvalue weighted by Gasteiger charge is 2.32. The maximum Gasteiger partial charge on any atom is 0.346 e. The normalized spacial score (nSPS) is 14.0. The van der Waals surface area contributed by atoms with Crippen LogP contribution in [-0.4, -0.2) is 60.5 Å². The number of ether oxygens (including phenoxy) is 3. The standard InChI is InChI=1S/C31H34N2O8/c34-28(35)12-7-17-33-20-27(31(37)38)41-29-25(10-6-11-26(29)33)32-30(36)23-13-15-24(16-14-23)40-19-5-4-18-39-21-22-8-2-1-3-9-22/h1-3,6,8-11,13-16,27H,4-5,7,12,17-21H2,(H,32,36)(H,34,35)(H,37,38). The van der Waals surface area contributed by atoms with Crippen molar-refractivity contribution in [2.75, 3.05) is 36.5 Å². The van der Waals surface area contributed by atoms with Gasteiger partial charge in [-0.3, -0.25) is 9.59 Å². The van der Waals surface area contributed by atoms with E-state index in [1.807, 2.05) is 30.3 Å². The molecule has 0 aromatic heterocycles. The van der Waals surface area contributed by atoms with E-state index in [0.717, 1.165) is 18.4 Å². The largest absolute Gasteiger partial charge is 0.494 e. The molecule has 0 fully saturated rings. The van der Waals surface area contributed by atoms with Crippen molar-refractivity contribution in [1.29, 1.82) is 0 Å². The highest BCUT2D eigenvalue weighted by molar-refractivity contribution is 6.05. The van der Waals surface area contributed by atoms with Crippen LogP contribution in [0.5, 0.6) is 11.5 Å². The Kier molecular flexibility index (Phi) is 10.6. The number of carboxylic acid groups (broad SMARTS) is 2. The van der Waals surface area contributed by atoms with Gasteiger partial charge in [-0.1, -0.05) is 36.4 Å². The Morgan fingerprint density at radius 1 is 0.902 bits per heavy atom. The Bertz CT molecular complexity index is 1310. The minimum atomic E-state index is -1.16. The zero-order chi connectivity index (χ0) is 29.0. The molecule has 3 aromatic rings. The number of nitrogens with one attached hydrogen (secondary N) is 1. The van der Waals surface area contributed by atoms with Gasteiger partial charge in [0.15, 0.2) is 5.75 Å². The van der Waals surface area contributed by atoms with Crippen LogP contribution in [0.4, 0.5) is 11.4 Å². The van der Waals surface area contributed by atoms with Crippen LogP contribution in [0.1, 0.15) is 41.6 Å². The topological polar surface area (TPSA) is 135 Å². The fraction of sp³-hybridized carbons (Fsp3) is 0.323. The van der Waals surface area contributed by atoms with E-state index in [1.165, 1.54) is 0 Å². The second kappa shape index (κ2) is 14.7. The summed E-state index contributed by atoms with van der Waals surface area (Å²) in [7, 11) is 0. The molecule has 10 nitrogen and oxygen atoms in total. The summed E-state index contributed by atoms with van der Waals surface area (Å²) < 4.78 is 17.2. The number of hydrogen-bond acceptors (Lipinski definition) is 7. The predicted molar refractivity (Wildman–Crippen MR) is 153 cm³/mol. The maximum atomic E-state index is 13.0. The smallest absolute Gasteiger partial charge is 0.346 e. The summed E-state index contributed by atoms with van der Waals surface area (Å²) in [6.45, 7) is 2.18. The first-order valence-corrected chi connectivity index (χ1v) is 13.6. The summed E-state index contributed by atoms with van der Waals surface area (Å²) in [5, 5.41) is 21.4. The fourth-order valence-corrected chi connectivity index (χ4v) is 4.39. The number of carboxylic acids is 2. The van der Waals surface area contributed by atoms with Gasteiger partial charge in [0.1, 0.15) is 5.75 Å². The number of carbonyl (C=O) groups excluding carboxylic acids is 1. The van der Waals surface area contributed by atoms with E-state index in [9.17, 15) is 19.5 Å². The van der Waals surface area contributed by atoms with E-state index in [1.54, 1.807) is 47.4 Å². The quantitative estimate of drug-likeness (QED) is 0.223. The molecule has 1 amide bonds. The van der Waals surface area contributed by atoms with Gasteiger partial charge in [-0.2, -0.15) is 0 Å². The zero-order valence-corrected chi connectivity index (χ0v) is 22.7. The summed E-state index contributed by atoms with van der Waals surface area (Å²) in [6.07, 6.45) is 0.854. The number of aliphatic carboxylic acids is 2. The molecule has 1 unspecified atom stereocenters. The Morgan fingerprint density at radius 3 is 2.39 bits per heavy atom. The Morgan fingerprint density at radius 2 is 1.66 bits per heavy atom. The van der Waals surface area contributed by atoms with Crippen molar-refractivity contribution >= 4 is 29.2 Å². The van der Waals surface area contributed by atoms with Crippen molar-refractivity contribution in [2.45, 2.75) is 38.4 Å². The van der Waals surface area contributed by atoms with Crippen molar-refractivity contribution in [3.05, 3.63) is 83.9 Å². The van der Waals surface area contributed by atoms with E-state index in [2.05, 4.69) is 5.32 Å². The first-order chi connectivity index (χ1) is 19.9. The molecule has 0 spiro atoms. The molecule has 41 heavy (non-hydrogen) atoms. The van der Waals surface area contributed by atoms with Gasteiger partial charge >= 0.3 is 11.9 Å². The molecule has 3 aromatic carbocycles. The fourth-order valence-electron chi connectivity index (χ4n) is 4.39. The minimum absolute atomic E-state index is 0.0380. The van der Waals surface area contributed by atoms with Crippen LogP contribution in [0.15, 0.2) is 72.8 Å². The lowest BCUT2D eigenvalue weighted by atomic mass is 10.1. The SMILES string of the molecule is O=C(O)CCCN1CC(C(=O)O)Oc2c(NC(=O)c3ccc(OCCCCOCc4ccccc4)cc3)cccc21. The van der Waals surface area contributed by atoms with Crippen molar-refractivity contribution < 1.29 is 38.8 Å². The highest BCUT2D eigenvalue weighted by atomic mass is 16.5. The van der Waals surface area contributed by atoms with Gasteiger partial charge in [-0.05, 0) is 61.2 Å². The third-order valence-corrected chi connectivity index (χ3v) is 6.50. The van der Waals surface area contributed by atoms with Gasteiger partial charge in [0.05, 0.1) is 31.1 Å². The number of hydrogen-bond donors (Lipinski definition) is 3. The van der Waals surface area contributed by atoms with E-state index in [-0.39, 0.29) is 24.6 Å². The molecule has 0 bridgehead atoms. The molecule has 1 atom stereocenters. The van der Waals surface area contributed by atoms with Crippen molar-refractivity contribution in [3.63, 3.8) is 0 Å². The molecule has 1 aliphatic rings. The maximum absolute atomic E-state index is 13.0. The number of carbonyl (C=O) groups is 3. The Labute approximate surface area is 238 Å². The number of nitrogens with zero attached hydrogens (tertiary/aromatic N) is 1. The van der Waals surface area contributed by atoms with Gasteiger partial charge in [0.2, 0.25) is 6.10 Å². The summed E-state index contributed by atoms with van der Waals surface area (Å²) in [6, 6.07) is 21.9. The number of anilines is 2. The second-order valence-corrected chi connectivity index (χ2v) is 9.61. The molecular weight excluding hydrogens is 528 g/mol. The van der Waals surface area contributed by atoms with Gasteiger partial charge in [0, 0.05) is 25.1 Å². The molecule has 3 N–H and O–H groups in total. The first kappa shape index (κ1) is 29.4. The summed E-state index contributed by atoms with van der Waals surface area (Å²) in [5.41, 5.74) is 2.47. The lowest BCUT2D eigenvalue weighted by Crippen LogP contribution is -2.45. The molecule has 1 heterocycles. The predicted octanol–water partition coefficient (Wildman–Crippen LogP) is 4.83. The van der Waals surface area contributed by atoms with Gasteiger partial charge in [-0.25, -0.2) is 4.79 Å². The zero-order valence-electron chi connectivity index (χ0n) is 22.7. The number of unbranched alkanes of at least 4 members (excludes halogenated alkanes) is 1. The Balaban J connectivity index is 1.28. The number of fused-ring (bicyclic) bond motifs is 1. The van der Waals surface area contributed by atoms with Crippen LogP contribution < -0.4 is 19.7 Å². The highest BCUT2D eigenvalue weighted by Crippen LogP contribution is 2.40. The van der Waals surface area contributed by atoms with Crippen LogP contribution in [0.25, 0.3) is 0 Å². The Hall–Kier alpha value is -4.57.